The van der Waals surface area contributed by atoms with Crippen LogP contribution in [0.1, 0.15) is 112 Å². The number of hydrogen-bond donors (Lipinski definition) is 0. The number of likely N-dealkylation sites (tertiary alicyclic amines) is 3. The third-order valence-electron chi connectivity index (χ3n) is 16.8. The minimum atomic E-state index is -0.156. The molecule has 0 unspecified atom stereocenters. The maximum atomic E-state index is 13.7. The van der Waals surface area contributed by atoms with Crippen LogP contribution < -0.4 is 14.4 Å². The van der Waals surface area contributed by atoms with E-state index in [2.05, 4.69) is 58.8 Å². The Balaban J connectivity index is 0.000000190. The number of pyridine rings is 3. The molecule has 0 N–H and O–H groups in total. The Bertz CT molecular complexity index is 3000. The summed E-state index contributed by atoms with van der Waals surface area (Å²) in [5, 5.41) is 28.5. The first kappa shape index (κ1) is 55.5. The number of hydrogen-bond acceptors (Lipinski definition) is 12. The molecular formula is C61H66Cl2N10O5. The second-order valence-corrected chi connectivity index (χ2v) is 22.7. The van der Waals surface area contributed by atoms with Crippen LogP contribution in [-0.2, 0) is 14.4 Å². The molecule has 5 aromatic rings. The Morgan fingerprint density at radius 3 is 1.32 bits per heavy atom. The summed E-state index contributed by atoms with van der Waals surface area (Å²) in [5.41, 5.74) is 3.64. The average molecular weight is 1090 g/mol. The molecule has 1 aliphatic carbocycles. The summed E-state index contributed by atoms with van der Waals surface area (Å²) in [5.74, 6) is 2.98. The highest BCUT2D eigenvalue weighted by Crippen LogP contribution is 2.47. The maximum Gasteiger partial charge on any atom is 0.228 e. The standard InChI is InChI=1S/C31H31ClN6O2.C30H35ClN4O3/c1-21(40-30-9-3-23(17-34)19-36-30)27-12-15-38(20-28(27)24-4-6-26(32)7-5-24)31(39)25-10-13-37(14-11-25)29-8-2-22(16-33)18-35-29;1-20(38-27-8-3-21(17-32)18-33-27)25-11-16-35(19-26(25)22-4-6-24(31)7-5-22)28(36)23-9-14-34(15-10-23)29(37)30(2)12-13-30/h2-9,18-19,21,25,27-28H,10-15,20H2,1H3;3-8,18,20,23,25-26H,9-16,19H2,1-2H3/t21-,27+,28+;20-,25+,26+/m00/s1. The topological polar surface area (TPSA) is 193 Å². The minimum Gasteiger partial charge on any atom is -0.474 e. The highest BCUT2D eigenvalue weighted by atomic mass is 35.5. The van der Waals surface area contributed by atoms with E-state index < -0.39 is 0 Å². The fourth-order valence-electron chi connectivity index (χ4n) is 11.8. The van der Waals surface area contributed by atoms with E-state index in [4.69, 9.17) is 48.5 Å². The van der Waals surface area contributed by atoms with Gasteiger partial charge in [-0.1, -0.05) is 54.4 Å². The zero-order chi connectivity index (χ0) is 54.9. The molecule has 17 heteroatoms. The molecule has 5 fully saturated rings. The number of halogens is 2. The van der Waals surface area contributed by atoms with E-state index in [9.17, 15) is 14.4 Å². The van der Waals surface area contributed by atoms with Crippen molar-refractivity contribution in [2.24, 2.45) is 29.1 Å². The Morgan fingerprint density at radius 2 is 0.949 bits per heavy atom. The summed E-state index contributed by atoms with van der Waals surface area (Å²) in [4.78, 5) is 61.3. The minimum absolute atomic E-state index is 0.0198. The Morgan fingerprint density at radius 1 is 0.551 bits per heavy atom. The molecule has 10 rings (SSSR count). The second-order valence-electron chi connectivity index (χ2n) is 21.8. The Kier molecular flexibility index (Phi) is 17.8. The normalized spacial score (nSPS) is 22.0. The van der Waals surface area contributed by atoms with Crippen LogP contribution in [0.5, 0.6) is 11.8 Å². The Hall–Kier alpha value is -7.25. The van der Waals surface area contributed by atoms with Gasteiger partial charge in [0, 0.05) is 134 Å². The fourth-order valence-corrected chi connectivity index (χ4v) is 12.1. The van der Waals surface area contributed by atoms with Crippen LogP contribution >= 0.6 is 23.2 Å². The third kappa shape index (κ3) is 13.3. The first-order valence-electron chi connectivity index (χ1n) is 27.3. The van der Waals surface area contributed by atoms with Crippen LogP contribution in [0.25, 0.3) is 0 Å². The van der Waals surface area contributed by atoms with Gasteiger partial charge in [-0.05, 0) is 125 Å². The van der Waals surface area contributed by atoms with Crippen molar-refractivity contribution in [1.29, 1.82) is 15.8 Å². The van der Waals surface area contributed by atoms with Crippen molar-refractivity contribution in [3.63, 3.8) is 0 Å². The fraction of sp³-hybridized carbons (Fsp3) is 0.459. The van der Waals surface area contributed by atoms with Crippen molar-refractivity contribution in [2.45, 2.75) is 96.2 Å². The predicted octanol–water partition coefficient (Wildman–Crippen LogP) is 10.2. The van der Waals surface area contributed by atoms with E-state index in [0.717, 1.165) is 81.4 Å². The number of anilines is 1. The molecule has 0 radical (unpaired) electrons. The number of rotatable bonds is 12. The van der Waals surface area contributed by atoms with Gasteiger partial charge < -0.3 is 29.1 Å². The molecular weight excluding hydrogens is 1020 g/mol. The van der Waals surface area contributed by atoms with Gasteiger partial charge in [-0.2, -0.15) is 15.8 Å². The van der Waals surface area contributed by atoms with Gasteiger partial charge in [0.2, 0.25) is 29.5 Å². The number of aromatic nitrogens is 3. The molecule has 78 heavy (non-hydrogen) atoms. The largest absolute Gasteiger partial charge is 0.474 e. The van der Waals surface area contributed by atoms with Crippen molar-refractivity contribution in [1.82, 2.24) is 29.7 Å². The highest BCUT2D eigenvalue weighted by Gasteiger charge is 2.48. The lowest BCUT2D eigenvalue weighted by Crippen LogP contribution is -2.50. The summed E-state index contributed by atoms with van der Waals surface area (Å²) in [6.07, 6.45) is 11.0. The zero-order valence-electron chi connectivity index (χ0n) is 44.5. The van der Waals surface area contributed by atoms with E-state index in [0.29, 0.717) is 77.8 Å². The van der Waals surface area contributed by atoms with Gasteiger partial charge in [-0.3, -0.25) is 14.4 Å². The number of carbonyl (C=O) groups excluding carboxylic acids is 3. The predicted molar refractivity (Wildman–Crippen MR) is 296 cm³/mol. The van der Waals surface area contributed by atoms with Crippen molar-refractivity contribution < 1.29 is 23.9 Å². The first-order chi connectivity index (χ1) is 37.7. The highest BCUT2D eigenvalue weighted by molar-refractivity contribution is 6.30. The molecule has 1 saturated carbocycles. The van der Waals surface area contributed by atoms with Gasteiger partial charge >= 0.3 is 0 Å². The number of ether oxygens (including phenoxy) is 2. The Labute approximate surface area is 467 Å². The average Bonchev–Trinajstić information content (AvgIpc) is 4.28. The van der Waals surface area contributed by atoms with Crippen LogP contribution in [0.15, 0.2) is 104 Å². The van der Waals surface area contributed by atoms with Crippen molar-refractivity contribution in [3.05, 3.63) is 141 Å². The zero-order valence-corrected chi connectivity index (χ0v) is 46.0. The lowest BCUT2D eigenvalue weighted by molar-refractivity contribution is -0.144. The molecule has 6 atom stereocenters. The van der Waals surface area contributed by atoms with Gasteiger partial charge in [0.1, 0.15) is 36.2 Å². The van der Waals surface area contributed by atoms with Gasteiger partial charge in [0.25, 0.3) is 0 Å². The van der Waals surface area contributed by atoms with Crippen LogP contribution in [-0.4, -0.2) is 112 Å². The van der Waals surface area contributed by atoms with E-state index in [1.165, 1.54) is 12.4 Å². The number of benzene rings is 2. The molecule has 0 bridgehead atoms. The van der Waals surface area contributed by atoms with Crippen molar-refractivity contribution >= 4 is 46.7 Å². The van der Waals surface area contributed by atoms with Crippen molar-refractivity contribution in [2.75, 3.05) is 57.3 Å². The number of amides is 3. The molecule has 0 spiro atoms. The van der Waals surface area contributed by atoms with Gasteiger partial charge in [-0.25, -0.2) is 15.0 Å². The summed E-state index contributed by atoms with van der Waals surface area (Å²) in [6, 6.07) is 32.5. The molecule has 2 aromatic carbocycles. The number of carbonyl (C=O) groups is 3. The first-order valence-corrected chi connectivity index (χ1v) is 28.0. The molecule has 15 nitrogen and oxygen atoms in total. The van der Waals surface area contributed by atoms with E-state index in [-0.39, 0.29) is 70.9 Å². The lowest BCUT2D eigenvalue weighted by Gasteiger charge is -2.43. The van der Waals surface area contributed by atoms with Crippen LogP contribution in [0.4, 0.5) is 5.82 Å². The van der Waals surface area contributed by atoms with Gasteiger partial charge in [0.05, 0.1) is 16.7 Å². The van der Waals surface area contributed by atoms with E-state index >= 15 is 0 Å². The smallest absolute Gasteiger partial charge is 0.228 e. The van der Waals surface area contributed by atoms with Gasteiger partial charge in [0.15, 0.2) is 0 Å². The molecule has 3 amide bonds. The van der Waals surface area contributed by atoms with Crippen LogP contribution in [0, 0.1) is 63.1 Å². The SMILES string of the molecule is C[C@H](Oc1ccc(C#N)cn1)[C@H]1CCN(C(=O)C2CCN(C(=O)C3(C)CC3)CC2)C[C@@H]1c1ccc(Cl)cc1.C[C@H](Oc1ccc(C#N)cn1)[C@H]1CCN(C(=O)C2CCN(c3ccc(C#N)cn3)CC2)C[C@@H]1c1ccc(Cl)cc1. The summed E-state index contributed by atoms with van der Waals surface area (Å²) in [7, 11) is 0. The molecule has 7 heterocycles. The third-order valence-corrected chi connectivity index (χ3v) is 17.3. The van der Waals surface area contributed by atoms with Crippen LogP contribution in [0.3, 0.4) is 0 Å². The molecule has 3 aromatic heterocycles. The summed E-state index contributed by atoms with van der Waals surface area (Å²) >= 11 is 12.4. The second kappa shape index (κ2) is 25.0. The van der Waals surface area contributed by atoms with Gasteiger partial charge in [-0.15, -0.1) is 0 Å². The molecule has 4 saturated heterocycles. The maximum absolute atomic E-state index is 13.7. The van der Waals surface area contributed by atoms with Crippen molar-refractivity contribution in [3.8, 4) is 30.0 Å². The summed E-state index contributed by atoms with van der Waals surface area (Å²) in [6.45, 7) is 11.6. The van der Waals surface area contributed by atoms with E-state index in [1.807, 2.05) is 69.3 Å². The molecule has 404 valence electrons. The van der Waals surface area contributed by atoms with E-state index in [1.54, 1.807) is 36.5 Å². The monoisotopic (exact) mass is 1090 g/mol. The number of piperidine rings is 4. The quantitative estimate of drug-likeness (QED) is 0.115. The molecule has 4 aliphatic heterocycles. The summed E-state index contributed by atoms with van der Waals surface area (Å²) < 4.78 is 12.4. The number of nitriles is 3. The lowest BCUT2D eigenvalue weighted by atomic mass is 9.77. The number of nitrogens with zero attached hydrogens (tertiary/aromatic N) is 10. The molecule has 5 aliphatic rings. The van der Waals surface area contributed by atoms with Crippen LogP contribution in [0.2, 0.25) is 10.0 Å².